The van der Waals surface area contributed by atoms with Gasteiger partial charge in [0.15, 0.2) is 6.61 Å². The van der Waals surface area contributed by atoms with Gasteiger partial charge in [0.1, 0.15) is 5.75 Å². The van der Waals surface area contributed by atoms with Crippen molar-refractivity contribution in [2.24, 2.45) is 5.92 Å². The lowest BCUT2D eigenvalue weighted by atomic mass is 10.1. The summed E-state index contributed by atoms with van der Waals surface area (Å²) in [5, 5.41) is 0. The van der Waals surface area contributed by atoms with E-state index in [4.69, 9.17) is 4.74 Å². The highest BCUT2D eigenvalue weighted by Gasteiger charge is 2.20. The second kappa shape index (κ2) is 7.93. The summed E-state index contributed by atoms with van der Waals surface area (Å²) in [6, 6.07) is 11.3. The van der Waals surface area contributed by atoms with Gasteiger partial charge in [0, 0.05) is 36.3 Å². The van der Waals surface area contributed by atoms with Crippen molar-refractivity contribution < 1.29 is 9.53 Å². The van der Waals surface area contributed by atoms with Crippen molar-refractivity contribution in [2.45, 2.75) is 32.7 Å². The Morgan fingerprint density at radius 1 is 1.18 bits per heavy atom. The number of aromatic nitrogens is 1. The van der Waals surface area contributed by atoms with Crippen LogP contribution in [0.15, 0.2) is 41.2 Å². The minimum absolute atomic E-state index is 0.0216. The molecule has 0 N–H and O–H groups in total. The smallest absolute Gasteiger partial charge is 0.260 e. The zero-order valence-corrected chi connectivity index (χ0v) is 16.1. The molecule has 1 saturated carbocycles. The van der Waals surface area contributed by atoms with Gasteiger partial charge in [-0.1, -0.05) is 24.0 Å². The summed E-state index contributed by atoms with van der Waals surface area (Å²) >= 11 is 0. The highest BCUT2D eigenvalue weighted by atomic mass is 16.5. The maximum Gasteiger partial charge on any atom is 0.260 e. The largest absolute Gasteiger partial charge is 0.484 e. The molecule has 1 aromatic heterocycles. The molecule has 0 radical (unpaired) electrons. The first-order chi connectivity index (χ1) is 13.6. The minimum atomic E-state index is -0.135. The summed E-state index contributed by atoms with van der Waals surface area (Å²) in [4.78, 5) is 26.2. The molecule has 1 saturated heterocycles. The van der Waals surface area contributed by atoms with Gasteiger partial charge in [-0.05, 0) is 49.9 Å². The third-order valence-corrected chi connectivity index (χ3v) is 5.17. The molecule has 1 aliphatic heterocycles. The molecule has 1 aliphatic carbocycles. The van der Waals surface area contributed by atoms with Crippen molar-refractivity contribution in [1.29, 1.82) is 0 Å². The predicted molar refractivity (Wildman–Crippen MR) is 107 cm³/mol. The van der Waals surface area contributed by atoms with Gasteiger partial charge in [-0.2, -0.15) is 0 Å². The Morgan fingerprint density at radius 2 is 1.93 bits per heavy atom. The molecule has 2 aromatic rings. The Hall–Kier alpha value is -3.00. The predicted octanol–water partition coefficient (Wildman–Crippen LogP) is 2.58. The molecule has 4 rings (SSSR count). The molecule has 2 heterocycles. The van der Waals surface area contributed by atoms with Crippen LogP contribution in [0.1, 0.15) is 36.1 Å². The highest BCUT2D eigenvalue weighted by Crippen LogP contribution is 2.27. The maximum atomic E-state index is 12.5. The van der Waals surface area contributed by atoms with Crippen molar-refractivity contribution in [3.05, 3.63) is 63.6 Å². The van der Waals surface area contributed by atoms with Gasteiger partial charge < -0.3 is 14.2 Å². The first-order valence-electron chi connectivity index (χ1n) is 9.81. The molecule has 5 nitrogen and oxygen atoms in total. The normalized spacial score (nSPS) is 15.4. The van der Waals surface area contributed by atoms with Crippen molar-refractivity contribution in [3.8, 4) is 17.6 Å². The monoisotopic (exact) mass is 376 g/mol. The average molecular weight is 376 g/mol. The number of nitrogens with zero attached hydrogens (tertiary/aromatic N) is 2. The molecule has 0 bridgehead atoms. The van der Waals surface area contributed by atoms with E-state index in [9.17, 15) is 9.59 Å². The van der Waals surface area contributed by atoms with Crippen LogP contribution < -0.4 is 10.3 Å². The molecule has 2 aliphatic rings. The molecular weight excluding hydrogens is 352 g/mol. The Balaban J connectivity index is 1.40. The number of hydrogen-bond acceptors (Lipinski definition) is 3. The van der Waals surface area contributed by atoms with Gasteiger partial charge in [-0.25, -0.2) is 0 Å². The zero-order chi connectivity index (χ0) is 19.5. The van der Waals surface area contributed by atoms with E-state index in [2.05, 4.69) is 11.8 Å². The summed E-state index contributed by atoms with van der Waals surface area (Å²) in [7, 11) is 0. The van der Waals surface area contributed by atoms with Gasteiger partial charge in [0.05, 0.1) is 6.54 Å². The molecule has 0 atom stereocenters. The Morgan fingerprint density at radius 3 is 2.54 bits per heavy atom. The Bertz CT molecular complexity index is 987. The quantitative estimate of drug-likeness (QED) is 0.754. The molecule has 0 spiro atoms. The standard InChI is InChI=1S/C23H24N2O3/c1-17-13-21(28-16-23(27)24-11-2-12-24)14-22(26)25(17)15-20-9-7-19(8-10-20)6-5-18-3-4-18/h7-10,13-14,18H,2-4,11-12,15-16H2,1H3. The highest BCUT2D eigenvalue weighted by molar-refractivity contribution is 5.78. The summed E-state index contributed by atoms with van der Waals surface area (Å²) in [5.74, 6) is 7.45. The lowest BCUT2D eigenvalue weighted by Gasteiger charge is -2.30. The fourth-order valence-electron chi connectivity index (χ4n) is 3.08. The average Bonchev–Trinajstić information content (AvgIpc) is 3.45. The number of amides is 1. The van der Waals surface area contributed by atoms with Crippen LogP contribution in [0.4, 0.5) is 0 Å². The first-order valence-corrected chi connectivity index (χ1v) is 9.81. The van der Waals surface area contributed by atoms with Crippen LogP contribution in [0, 0.1) is 24.7 Å². The number of carbonyl (C=O) groups excluding carboxylic acids is 1. The third kappa shape index (κ3) is 4.45. The number of ether oxygens (including phenoxy) is 1. The summed E-state index contributed by atoms with van der Waals surface area (Å²) < 4.78 is 7.24. The van der Waals surface area contributed by atoms with Crippen LogP contribution in [0.3, 0.4) is 0 Å². The minimum Gasteiger partial charge on any atom is -0.484 e. The van der Waals surface area contributed by atoms with Gasteiger partial charge in [-0.15, -0.1) is 0 Å². The fourth-order valence-corrected chi connectivity index (χ4v) is 3.08. The van der Waals surface area contributed by atoms with Crippen molar-refractivity contribution in [1.82, 2.24) is 9.47 Å². The zero-order valence-electron chi connectivity index (χ0n) is 16.1. The maximum absolute atomic E-state index is 12.5. The number of likely N-dealkylation sites (tertiary alicyclic amines) is 1. The number of benzene rings is 1. The number of hydrogen-bond donors (Lipinski definition) is 0. The van der Waals surface area contributed by atoms with Crippen LogP contribution in [-0.4, -0.2) is 35.1 Å². The molecule has 144 valence electrons. The van der Waals surface area contributed by atoms with Crippen molar-refractivity contribution >= 4 is 5.91 Å². The van der Waals surface area contributed by atoms with Gasteiger partial charge in [0.25, 0.3) is 11.5 Å². The molecular formula is C23H24N2O3. The molecule has 0 unspecified atom stereocenters. The Labute approximate surface area is 164 Å². The van der Waals surface area contributed by atoms with Gasteiger partial charge >= 0.3 is 0 Å². The second-order valence-electron chi connectivity index (χ2n) is 7.52. The summed E-state index contributed by atoms with van der Waals surface area (Å²) in [6.45, 7) is 3.95. The molecule has 28 heavy (non-hydrogen) atoms. The van der Waals surface area contributed by atoms with Crippen LogP contribution in [-0.2, 0) is 11.3 Å². The molecule has 5 heteroatoms. The Kier molecular flexibility index (Phi) is 5.21. The number of aryl methyl sites for hydroxylation is 1. The van der Waals surface area contributed by atoms with E-state index in [0.717, 1.165) is 36.3 Å². The molecule has 2 fully saturated rings. The molecule has 1 amide bonds. The third-order valence-electron chi connectivity index (χ3n) is 5.17. The summed E-state index contributed by atoms with van der Waals surface area (Å²) in [6.07, 6.45) is 3.49. The topological polar surface area (TPSA) is 51.5 Å². The number of pyridine rings is 1. The van der Waals surface area contributed by atoms with E-state index in [1.807, 2.05) is 31.2 Å². The van der Waals surface area contributed by atoms with Crippen LogP contribution in [0.25, 0.3) is 0 Å². The molecule has 1 aromatic carbocycles. The first kappa shape index (κ1) is 18.4. The van der Waals surface area contributed by atoms with Crippen LogP contribution in [0.5, 0.6) is 5.75 Å². The van der Waals surface area contributed by atoms with Gasteiger partial charge in [-0.3, -0.25) is 9.59 Å². The van der Waals surface area contributed by atoms with E-state index >= 15 is 0 Å². The summed E-state index contributed by atoms with van der Waals surface area (Å²) in [5.41, 5.74) is 2.72. The number of carbonyl (C=O) groups is 1. The van der Waals surface area contributed by atoms with E-state index < -0.39 is 0 Å². The van der Waals surface area contributed by atoms with Crippen LogP contribution >= 0.6 is 0 Å². The lowest BCUT2D eigenvalue weighted by Crippen LogP contribution is -2.44. The number of rotatable bonds is 5. The van der Waals surface area contributed by atoms with Crippen molar-refractivity contribution in [3.63, 3.8) is 0 Å². The van der Waals surface area contributed by atoms with Crippen LogP contribution in [0.2, 0.25) is 0 Å². The van der Waals surface area contributed by atoms with E-state index in [0.29, 0.717) is 18.2 Å². The van der Waals surface area contributed by atoms with E-state index in [1.54, 1.807) is 15.5 Å². The van der Waals surface area contributed by atoms with E-state index in [-0.39, 0.29) is 18.1 Å². The second-order valence-corrected chi connectivity index (χ2v) is 7.52. The lowest BCUT2D eigenvalue weighted by molar-refractivity contribution is -0.136. The van der Waals surface area contributed by atoms with Crippen molar-refractivity contribution in [2.75, 3.05) is 19.7 Å². The van der Waals surface area contributed by atoms with Gasteiger partial charge in [0.2, 0.25) is 0 Å². The SMILES string of the molecule is Cc1cc(OCC(=O)N2CCC2)cc(=O)n1Cc1ccc(C#CC2CC2)cc1. The fraction of sp³-hybridized carbons (Fsp3) is 0.391. The van der Waals surface area contributed by atoms with E-state index in [1.165, 1.54) is 18.9 Å².